The number of alkyl halides is 3. The second kappa shape index (κ2) is 9.55. The smallest absolute Gasteiger partial charge is 0.497 e. The third-order valence-electron chi connectivity index (χ3n) is 4.42. The number of hydrogen-bond donors (Lipinski definition) is 2. The van der Waals surface area contributed by atoms with Crippen molar-refractivity contribution < 1.29 is 22.6 Å². The first-order valence-corrected chi connectivity index (χ1v) is 9.68. The highest BCUT2D eigenvalue weighted by atomic mass is 19.4. The monoisotopic (exact) mass is 432 g/mol. The summed E-state index contributed by atoms with van der Waals surface area (Å²) < 4.78 is 47.1. The molecule has 1 aromatic heterocycles. The lowest BCUT2D eigenvalue weighted by Crippen LogP contribution is -2.17. The topological polar surface area (TPSA) is 68.3 Å². The average Bonchev–Trinajstić information content (AvgIpc) is 2.72. The standard InChI is InChI=1S/C22H23F3N4O2/c1-4-14(2)26-21-28-19(15-7-5-10-18(11-15)31-22(23,24)25)13-20(29-21)27-16-8-6-9-17(12-16)30-3/h5-14H,4H2,1-3H3,(H2,26,27,28,29)/t14-/m0/s1. The Labute approximate surface area is 178 Å². The number of methoxy groups -OCH3 is 1. The summed E-state index contributed by atoms with van der Waals surface area (Å²) in [6.45, 7) is 4.01. The van der Waals surface area contributed by atoms with Crippen LogP contribution in [0.5, 0.6) is 11.5 Å². The fourth-order valence-electron chi connectivity index (χ4n) is 2.75. The molecule has 0 bridgehead atoms. The molecule has 3 rings (SSSR count). The van der Waals surface area contributed by atoms with E-state index in [-0.39, 0.29) is 11.8 Å². The normalized spacial score (nSPS) is 12.2. The Morgan fingerprint density at radius 3 is 2.45 bits per heavy atom. The van der Waals surface area contributed by atoms with Gasteiger partial charge in [0, 0.05) is 29.4 Å². The highest BCUT2D eigenvalue weighted by Crippen LogP contribution is 2.30. The second-order valence-corrected chi connectivity index (χ2v) is 6.85. The van der Waals surface area contributed by atoms with Crippen LogP contribution < -0.4 is 20.1 Å². The van der Waals surface area contributed by atoms with Crippen molar-refractivity contribution in [1.82, 2.24) is 9.97 Å². The highest BCUT2D eigenvalue weighted by Gasteiger charge is 2.31. The van der Waals surface area contributed by atoms with Crippen LogP contribution in [-0.4, -0.2) is 29.5 Å². The van der Waals surface area contributed by atoms with Gasteiger partial charge in [0.2, 0.25) is 5.95 Å². The average molecular weight is 432 g/mol. The molecule has 6 nitrogen and oxygen atoms in total. The van der Waals surface area contributed by atoms with Gasteiger partial charge in [-0.05, 0) is 37.6 Å². The van der Waals surface area contributed by atoms with Crippen molar-refractivity contribution in [2.45, 2.75) is 32.7 Å². The number of anilines is 3. The molecule has 0 radical (unpaired) electrons. The van der Waals surface area contributed by atoms with Crippen molar-refractivity contribution in [2.24, 2.45) is 0 Å². The molecule has 3 aromatic rings. The van der Waals surface area contributed by atoms with Gasteiger partial charge in [-0.15, -0.1) is 13.2 Å². The summed E-state index contributed by atoms with van der Waals surface area (Å²) in [7, 11) is 1.58. The molecule has 0 fully saturated rings. The first-order chi connectivity index (χ1) is 14.8. The molecule has 0 saturated heterocycles. The van der Waals surface area contributed by atoms with Gasteiger partial charge in [-0.2, -0.15) is 4.98 Å². The maximum absolute atomic E-state index is 12.6. The Morgan fingerprint density at radius 2 is 1.74 bits per heavy atom. The van der Waals surface area contributed by atoms with Gasteiger partial charge >= 0.3 is 6.36 Å². The molecule has 31 heavy (non-hydrogen) atoms. The quantitative estimate of drug-likeness (QED) is 0.455. The minimum atomic E-state index is -4.77. The van der Waals surface area contributed by atoms with Crippen LogP contribution in [0.3, 0.4) is 0 Å². The summed E-state index contributed by atoms with van der Waals surface area (Å²) in [4.78, 5) is 8.97. The molecule has 2 N–H and O–H groups in total. The third kappa shape index (κ3) is 6.50. The van der Waals surface area contributed by atoms with Gasteiger partial charge in [-0.25, -0.2) is 4.98 Å². The summed E-state index contributed by atoms with van der Waals surface area (Å²) in [6.07, 6.45) is -3.92. The van der Waals surface area contributed by atoms with Gasteiger partial charge in [0.25, 0.3) is 0 Å². The Kier molecular flexibility index (Phi) is 6.84. The molecule has 0 aliphatic carbocycles. The van der Waals surface area contributed by atoms with Gasteiger partial charge < -0.3 is 20.1 Å². The zero-order valence-corrected chi connectivity index (χ0v) is 17.3. The fourth-order valence-corrected chi connectivity index (χ4v) is 2.75. The maximum atomic E-state index is 12.6. The summed E-state index contributed by atoms with van der Waals surface area (Å²) in [5, 5.41) is 6.40. The van der Waals surface area contributed by atoms with Crippen LogP contribution in [0.25, 0.3) is 11.3 Å². The van der Waals surface area contributed by atoms with Crippen LogP contribution in [0, 0.1) is 0 Å². The number of hydrogen-bond acceptors (Lipinski definition) is 6. The van der Waals surface area contributed by atoms with Crippen LogP contribution in [-0.2, 0) is 0 Å². The molecule has 0 amide bonds. The van der Waals surface area contributed by atoms with Crippen LogP contribution in [0.1, 0.15) is 20.3 Å². The van der Waals surface area contributed by atoms with Gasteiger partial charge in [0.05, 0.1) is 12.8 Å². The minimum Gasteiger partial charge on any atom is -0.497 e. The molecule has 0 unspecified atom stereocenters. The molecule has 0 saturated carbocycles. The number of ether oxygens (including phenoxy) is 2. The lowest BCUT2D eigenvalue weighted by molar-refractivity contribution is -0.274. The summed E-state index contributed by atoms with van der Waals surface area (Å²) in [5.74, 6) is 1.20. The first kappa shape index (κ1) is 22.2. The zero-order chi connectivity index (χ0) is 22.4. The van der Waals surface area contributed by atoms with E-state index in [1.165, 1.54) is 18.2 Å². The Balaban J connectivity index is 1.98. The van der Waals surface area contributed by atoms with Crippen molar-refractivity contribution in [3.63, 3.8) is 0 Å². The molecule has 2 aromatic carbocycles. The van der Waals surface area contributed by atoms with E-state index in [0.29, 0.717) is 28.8 Å². The van der Waals surface area contributed by atoms with E-state index >= 15 is 0 Å². The lowest BCUT2D eigenvalue weighted by Gasteiger charge is -2.15. The highest BCUT2D eigenvalue weighted by molar-refractivity contribution is 5.68. The number of rotatable bonds is 8. The summed E-state index contributed by atoms with van der Waals surface area (Å²) >= 11 is 0. The van der Waals surface area contributed by atoms with E-state index < -0.39 is 6.36 Å². The van der Waals surface area contributed by atoms with Crippen LogP contribution in [0.15, 0.2) is 54.6 Å². The third-order valence-corrected chi connectivity index (χ3v) is 4.42. The number of nitrogens with zero attached hydrogens (tertiary/aromatic N) is 2. The molecule has 164 valence electrons. The molecular weight excluding hydrogens is 409 g/mol. The van der Waals surface area contributed by atoms with Crippen molar-refractivity contribution in [1.29, 1.82) is 0 Å². The number of halogens is 3. The number of aromatic nitrogens is 2. The van der Waals surface area contributed by atoms with Crippen LogP contribution >= 0.6 is 0 Å². The van der Waals surface area contributed by atoms with Crippen LogP contribution in [0.2, 0.25) is 0 Å². The van der Waals surface area contributed by atoms with Gasteiger partial charge in [-0.1, -0.05) is 25.1 Å². The number of nitrogens with one attached hydrogen (secondary N) is 2. The van der Waals surface area contributed by atoms with E-state index in [1.54, 1.807) is 25.3 Å². The van der Waals surface area contributed by atoms with Crippen molar-refractivity contribution in [3.8, 4) is 22.8 Å². The second-order valence-electron chi connectivity index (χ2n) is 6.85. The van der Waals surface area contributed by atoms with Crippen molar-refractivity contribution in [3.05, 3.63) is 54.6 Å². The molecular formula is C22H23F3N4O2. The molecule has 0 spiro atoms. The molecule has 9 heteroatoms. The molecule has 1 atom stereocenters. The van der Waals surface area contributed by atoms with Crippen LogP contribution in [0.4, 0.5) is 30.6 Å². The van der Waals surface area contributed by atoms with Gasteiger partial charge in [0.1, 0.15) is 17.3 Å². The fraction of sp³-hybridized carbons (Fsp3) is 0.273. The van der Waals surface area contributed by atoms with Gasteiger partial charge in [-0.3, -0.25) is 0 Å². The summed E-state index contributed by atoms with van der Waals surface area (Å²) in [6, 6.07) is 14.8. The number of benzene rings is 2. The first-order valence-electron chi connectivity index (χ1n) is 9.68. The zero-order valence-electron chi connectivity index (χ0n) is 17.3. The summed E-state index contributed by atoms with van der Waals surface area (Å²) in [5.41, 5.74) is 1.65. The Hall–Kier alpha value is -3.49. The van der Waals surface area contributed by atoms with E-state index in [0.717, 1.165) is 12.1 Å². The van der Waals surface area contributed by atoms with E-state index in [2.05, 4.69) is 25.3 Å². The molecule has 1 heterocycles. The Morgan fingerprint density at radius 1 is 1.00 bits per heavy atom. The lowest BCUT2D eigenvalue weighted by atomic mass is 10.1. The van der Waals surface area contributed by atoms with Crippen molar-refractivity contribution >= 4 is 17.5 Å². The van der Waals surface area contributed by atoms with E-state index in [1.807, 2.05) is 32.0 Å². The molecule has 0 aliphatic heterocycles. The van der Waals surface area contributed by atoms with E-state index in [4.69, 9.17) is 4.74 Å². The molecule has 0 aliphatic rings. The predicted octanol–water partition coefficient (Wildman–Crippen LogP) is 6.00. The van der Waals surface area contributed by atoms with Gasteiger partial charge in [0.15, 0.2) is 0 Å². The van der Waals surface area contributed by atoms with E-state index in [9.17, 15) is 13.2 Å². The SMILES string of the molecule is CC[C@H](C)Nc1nc(Nc2cccc(OC)c2)cc(-c2cccc(OC(F)(F)F)c2)n1. The van der Waals surface area contributed by atoms with Crippen molar-refractivity contribution in [2.75, 3.05) is 17.7 Å². The minimum absolute atomic E-state index is 0.111. The largest absolute Gasteiger partial charge is 0.573 e. The predicted molar refractivity (Wildman–Crippen MR) is 114 cm³/mol. The Bertz CT molecular complexity index is 1030. The maximum Gasteiger partial charge on any atom is 0.573 e.